The summed E-state index contributed by atoms with van der Waals surface area (Å²) in [7, 11) is 2.04. The smallest absolute Gasteiger partial charge is 0.162 e. The average molecular weight is 364 g/mol. The van der Waals surface area contributed by atoms with Gasteiger partial charge in [-0.3, -0.25) is 4.90 Å². The highest BCUT2D eigenvalue weighted by Gasteiger charge is 2.20. The molecule has 0 bridgehead atoms. The molecule has 1 unspecified atom stereocenters. The minimum Gasteiger partial charge on any atom is -0.462 e. The molecule has 1 aliphatic rings. The average Bonchev–Trinajstić information content (AvgIpc) is 3.10. The molecule has 0 spiro atoms. The fraction of sp³-hybridized carbons (Fsp3) is 0.533. The molecule has 0 aromatic carbocycles. The summed E-state index contributed by atoms with van der Waals surface area (Å²) < 4.78 is 5.40. The maximum atomic E-state index is 5.40. The van der Waals surface area contributed by atoms with Crippen molar-refractivity contribution in [2.24, 2.45) is 5.92 Å². The number of nitrogens with one attached hydrogen (secondary N) is 1. The summed E-state index contributed by atoms with van der Waals surface area (Å²) in [6, 6.07) is 3.87. The molecule has 1 aliphatic heterocycles. The topological polar surface area (TPSA) is 41.3 Å². The Morgan fingerprint density at radius 2 is 2.32 bits per heavy atom. The number of likely N-dealkylation sites (tertiary alicyclic amines) is 1. The Bertz CT molecular complexity index is 531. The number of hydrogen-bond donors (Lipinski definition) is 1. The van der Waals surface area contributed by atoms with Crippen LogP contribution < -0.4 is 5.32 Å². The highest BCUT2D eigenvalue weighted by atomic mass is 35.5. The quantitative estimate of drug-likeness (QED) is 0.879. The lowest BCUT2D eigenvalue weighted by atomic mass is 9.98. The summed E-state index contributed by atoms with van der Waals surface area (Å²) in [6.45, 7) is 4.44. The van der Waals surface area contributed by atoms with Gasteiger partial charge in [0, 0.05) is 18.5 Å². The fourth-order valence-corrected chi connectivity index (χ4v) is 3.65. The summed E-state index contributed by atoms with van der Waals surface area (Å²) in [4.78, 5) is 7.21. The van der Waals surface area contributed by atoms with Gasteiger partial charge in [0.15, 0.2) is 10.8 Å². The third-order valence-corrected chi connectivity index (χ3v) is 4.67. The Morgan fingerprint density at radius 1 is 1.45 bits per heavy atom. The molecule has 2 aromatic heterocycles. The summed E-state index contributed by atoms with van der Waals surface area (Å²) in [6.07, 6.45) is 4.33. The van der Waals surface area contributed by atoms with Gasteiger partial charge in [-0.1, -0.05) is 0 Å². The second-order valence-corrected chi connectivity index (χ2v) is 6.28. The molecule has 1 fully saturated rings. The minimum absolute atomic E-state index is 0. The highest BCUT2D eigenvalue weighted by Crippen LogP contribution is 2.25. The molecule has 2 aromatic rings. The second-order valence-electron chi connectivity index (χ2n) is 5.42. The van der Waals surface area contributed by atoms with Crippen LogP contribution in [-0.4, -0.2) is 36.6 Å². The van der Waals surface area contributed by atoms with Crippen LogP contribution in [0.1, 0.15) is 18.5 Å². The molecule has 7 heteroatoms. The number of nitrogens with zero attached hydrogens (tertiary/aromatic N) is 2. The first-order chi connectivity index (χ1) is 9.85. The van der Waals surface area contributed by atoms with Gasteiger partial charge < -0.3 is 9.73 Å². The van der Waals surface area contributed by atoms with Gasteiger partial charge in [0.05, 0.1) is 12.0 Å². The predicted molar refractivity (Wildman–Crippen MR) is 96.2 cm³/mol. The third kappa shape index (κ3) is 4.96. The van der Waals surface area contributed by atoms with E-state index in [4.69, 9.17) is 4.42 Å². The van der Waals surface area contributed by atoms with Gasteiger partial charge in [-0.15, -0.1) is 36.2 Å². The summed E-state index contributed by atoms with van der Waals surface area (Å²) in [5.74, 6) is 1.64. The van der Waals surface area contributed by atoms with Crippen molar-refractivity contribution in [1.29, 1.82) is 0 Å². The molecule has 1 N–H and O–H groups in total. The molecule has 3 heterocycles. The van der Waals surface area contributed by atoms with Crippen LogP contribution in [-0.2, 0) is 6.54 Å². The number of furan rings is 1. The zero-order valence-electron chi connectivity index (χ0n) is 12.7. The van der Waals surface area contributed by atoms with Crippen LogP contribution in [0.5, 0.6) is 0 Å². The van der Waals surface area contributed by atoms with Crippen LogP contribution in [0.4, 0.5) is 0 Å². The van der Waals surface area contributed by atoms with Crippen molar-refractivity contribution in [2.45, 2.75) is 19.4 Å². The number of halogens is 2. The minimum atomic E-state index is 0. The Morgan fingerprint density at radius 3 is 3.05 bits per heavy atom. The molecule has 3 rings (SSSR count). The van der Waals surface area contributed by atoms with Crippen molar-refractivity contribution in [2.75, 3.05) is 26.7 Å². The Balaban J connectivity index is 0.00000121. The molecule has 124 valence electrons. The van der Waals surface area contributed by atoms with Crippen molar-refractivity contribution in [1.82, 2.24) is 15.2 Å². The van der Waals surface area contributed by atoms with Crippen LogP contribution in [0.2, 0.25) is 0 Å². The van der Waals surface area contributed by atoms with Crippen molar-refractivity contribution >= 4 is 36.2 Å². The Labute approximate surface area is 148 Å². The second kappa shape index (κ2) is 9.53. The van der Waals surface area contributed by atoms with Gasteiger partial charge in [0.25, 0.3) is 0 Å². The van der Waals surface area contributed by atoms with E-state index in [-0.39, 0.29) is 24.8 Å². The molecule has 1 saturated heterocycles. The number of piperidine rings is 1. The van der Waals surface area contributed by atoms with Crippen LogP contribution >= 0.6 is 36.2 Å². The molecule has 0 amide bonds. The highest BCUT2D eigenvalue weighted by molar-refractivity contribution is 7.13. The lowest BCUT2D eigenvalue weighted by Gasteiger charge is -2.32. The van der Waals surface area contributed by atoms with Crippen LogP contribution in [0.25, 0.3) is 10.8 Å². The fourth-order valence-electron chi connectivity index (χ4n) is 2.87. The lowest BCUT2D eigenvalue weighted by molar-refractivity contribution is 0.165. The summed E-state index contributed by atoms with van der Waals surface area (Å²) in [5, 5.41) is 6.42. The number of hydrogen-bond acceptors (Lipinski definition) is 5. The van der Waals surface area contributed by atoms with Gasteiger partial charge in [0.1, 0.15) is 0 Å². The Kier molecular flexibility index (Phi) is 8.43. The van der Waals surface area contributed by atoms with E-state index in [9.17, 15) is 0 Å². The van der Waals surface area contributed by atoms with E-state index < -0.39 is 0 Å². The zero-order chi connectivity index (χ0) is 13.8. The van der Waals surface area contributed by atoms with Crippen molar-refractivity contribution in [3.05, 3.63) is 29.5 Å². The lowest BCUT2D eigenvalue weighted by Crippen LogP contribution is -2.38. The predicted octanol–water partition coefficient (Wildman–Crippen LogP) is 3.68. The standard InChI is InChI=1S/C15H21N3OS.2ClH/c1-16-8-12-4-2-6-18(9-12)10-13-11-20-15(17-13)14-5-3-7-19-14;;/h3,5,7,11-12,16H,2,4,6,8-10H2,1H3;2*1H. The van der Waals surface area contributed by atoms with E-state index in [1.54, 1.807) is 17.6 Å². The van der Waals surface area contributed by atoms with Gasteiger partial charge in [-0.25, -0.2) is 4.98 Å². The van der Waals surface area contributed by atoms with E-state index in [0.29, 0.717) is 0 Å². The van der Waals surface area contributed by atoms with E-state index in [1.807, 2.05) is 19.2 Å². The molecule has 4 nitrogen and oxygen atoms in total. The van der Waals surface area contributed by atoms with E-state index in [1.165, 1.54) is 25.9 Å². The van der Waals surface area contributed by atoms with Crippen molar-refractivity contribution in [3.63, 3.8) is 0 Å². The maximum Gasteiger partial charge on any atom is 0.162 e. The van der Waals surface area contributed by atoms with Gasteiger partial charge >= 0.3 is 0 Å². The Hall–Kier alpha value is -0.590. The number of aromatic nitrogens is 1. The largest absolute Gasteiger partial charge is 0.462 e. The van der Waals surface area contributed by atoms with Crippen LogP contribution in [0, 0.1) is 5.92 Å². The SMILES string of the molecule is CNCC1CCCN(Cc2csc(-c3ccco3)n2)C1.Cl.Cl. The van der Waals surface area contributed by atoms with Gasteiger partial charge in [-0.05, 0) is 51.0 Å². The maximum absolute atomic E-state index is 5.40. The van der Waals surface area contributed by atoms with Gasteiger partial charge in [0.2, 0.25) is 0 Å². The van der Waals surface area contributed by atoms with E-state index in [2.05, 4.69) is 20.6 Å². The first-order valence-corrected chi connectivity index (χ1v) is 8.08. The van der Waals surface area contributed by atoms with Crippen molar-refractivity contribution < 1.29 is 4.42 Å². The molecule has 0 radical (unpaired) electrons. The third-order valence-electron chi connectivity index (χ3n) is 3.77. The monoisotopic (exact) mass is 363 g/mol. The molecular formula is C15H23Cl2N3OS. The molecule has 0 saturated carbocycles. The number of thiazole rings is 1. The van der Waals surface area contributed by atoms with Crippen molar-refractivity contribution in [3.8, 4) is 10.8 Å². The molecular weight excluding hydrogens is 341 g/mol. The molecule has 1 atom stereocenters. The summed E-state index contributed by atoms with van der Waals surface area (Å²) in [5.41, 5.74) is 1.16. The zero-order valence-corrected chi connectivity index (χ0v) is 15.1. The normalized spacial score (nSPS) is 18.5. The first kappa shape index (κ1) is 19.5. The van der Waals surface area contributed by atoms with E-state index >= 15 is 0 Å². The van der Waals surface area contributed by atoms with Crippen LogP contribution in [0.3, 0.4) is 0 Å². The van der Waals surface area contributed by atoms with Gasteiger partial charge in [-0.2, -0.15) is 0 Å². The number of rotatable bonds is 5. The van der Waals surface area contributed by atoms with E-state index in [0.717, 1.165) is 35.5 Å². The van der Waals surface area contributed by atoms with Crippen LogP contribution in [0.15, 0.2) is 28.2 Å². The molecule has 22 heavy (non-hydrogen) atoms. The first-order valence-electron chi connectivity index (χ1n) is 7.20. The summed E-state index contributed by atoms with van der Waals surface area (Å²) >= 11 is 1.66. The molecule has 0 aliphatic carbocycles.